The fraction of sp³-hybridized carbons (Fsp3) is 0.167. The number of carbonyl (C=O) groups is 2. The zero-order chi connectivity index (χ0) is 14.6. The van der Waals surface area contributed by atoms with E-state index in [-0.39, 0.29) is 11.3 Å². The summed E-state index contributed by atoms with van der Waals surface area (Å²) in [7, 11) is 2.79. The summed E-state index contributed by atoms with van der Waals surface area (Å²) in [5.74, 6) is -3.20. The first-order valence-corrected chi connectivity index (χ1v) is 5.35. The molecule has 0 saturated heterocycles. The molecule has 0 aliphatic heterocycles. The van der Waals surface area contributed by atoms with Crippen molar-refractivity contribution < 1.29 is 29.3 Å². The molecule has 102 valence electrons. The SMILES string of the molecule is COc1ccc(C(Cl)=C(C(=O)[O-])C(=O)[O-])cc1OC. The molecule has 7 heteroatoms. The van der Waals surface area contributed by atoms with Crippen LogP contribution in [0.1, 0.15) is 5.56 Å². The summed E-state index contributed by atoms with van der Waals surface area (Å²) in [5, 5.41) is 20.9. The van der Waals surface area contributed by atoms with Gasteiger partial charge in [-0.3, -0.25) is 0 Å². The highest BCUT2D eigenvalue weighted by atomic mass is 35.5. The quantitative estimate of drug-likeness (QED) is 0.397. The summed E-state index contributed by atoms with van der Waals surface area (Å²) in [6, 6.07) is 4.18. The third-order valence-electron chi connectivity index (χ3n) is 2.26. The molecule has 0 bridgehead atoms. The van der Waals surface area contributed by atoms with Crippen LogP contribution < -0.4 is 19.7 Å². The normalized spacial score (nSPS) is 9.63. The van der Waals surface area contributed by atoms with E-state index < -0.39 is 22.5 Å². The Morgan fingerprint density at radius 2 is 1.58 bits per heavy atom. The van der Waals surface area contributed by atoms with E-state index >= 15 is 0 Å². The van der Waals surface area contributed by atoms with Gasteiger partial charge in [-0.05, 0) is 23.8 Å². The van der Waals surface area contributed by atoms with Gasteiger partial charge in [-0.25, -0.2) is 0 Å². The molecule has 1 aromatic carbocycles. The zero-order valence-corrected chi connectivity index (χ0v) is 10.8. The van der Waals surface area contributed by atoms with E-state index in [9.17, 15) is 19.8 Å². The summed E-state index contributed by atoms with van der Waals surface area (Å²) in [6.07, 6.45) is 0. The topological polar surface area (TPSA) is 98.7 Å². The molecule has 1 aromatic rings. The highest BCUT2D eigenvalue weighted by Gasteiger charge is 2.12. The Morgan fingerprint density at radius 3 is 2.00 bits per heavy atom. The molecule has 0 atom stereocenters. The number of methoxy groups -OCH3 is 2. The number of carboxylic acids is 2. The van der Waals surface area contributed by atoms with Crippen LogP contribution in [0.25, 0.3) is 5.03 Å². The van der Waals surface area contributed by atoms with Gasteiger partial charge in [0, 0.05) is 5.57 Å². The molecule has 6 nitrogen and oxygen atoms in total. The van der Waals surface area contributed by atoms with Crippen molar-refractivity contribution in [2.24, 2.45) is 0 Å². The summed E-state index contributed by atoms with van der Waals surface area (Å²) in [5.41, 5.74) is -1.00. The molecule has 0 radical (unpaired) electrons. The molecular formula is C12H9ClO6-2. The van der Waals surface area contributed by atoms with Crippen LogP contribution in [0, 0.1) is 0 Å². The van der Waals surface area contributed by atoms with Gasteiger partial charge in [0.2, 0.25) is 0 Å². The average Bonchev–Trinajstić information content (AvgIpc) is 2.36. The van der Waals surface area contributed by atoms with Crippen molar-refractivity contribution in [3.63, 3.8) is 0 Å². The smallest absolute Gasteiger partial charge is 0.161 e. The largest absolute Gasteiger partial charge is 0.545 e. The standard InChI is InChI=1S/C12H11ClO6/c1-18-7-4-3-6(5-8(7)19-2)10(13)9(11(14)15)12(16)17/h3-5H,1-2H3,(H,14,15)(H,16,17)/p-2. The van der Waals surface area contributed by atoms with Crippen LogP contribution in [0.15, 0.2) is 23.8 Å². The fourth-order valence-corrected chi connectivity index (χ4v) is 1.65. The van der Waals surface area contributed by atoms with E-state index in [0.717, 1.165) is 0 Å². The molecule has 0 unspecified atom stereocenters. The third kappa shape index (κ3) is 3.17. The highest BCUT2D eigenvalue weighted by Crippen LogP contribution is 2.32. The Bertz CT molecular complexity index is 533. The van der Waals surface area contributed by atoms with Crippen molar-refractivity contribution >= 4 is 28.6 Å². The monoisotopic (exact) mass is 284 g/mol. The molecule has 0 aliphatic carbocycles. The Kier molecular flexibility index (Phi) is 4.77. The summed E-state index contributed by atoms with van der Waals surface area (Å²) in [6.45, 7) is 0. The number of hydrogen-bond acceptors (Lipinski definition) is 6. The van der Waals surface area contributed by atoms with Crippen molar-refractivity contribution in [1.82, 2.24) is 0 Å². The van der Waals surface area contributed by atoms with Gasteiger partial charge in [0.15, 0.2) is 11.5 Å². The van der Waals surface area contributed by atoms with E-state index in [1.165, 1.54) is 32.4 Å². The van der Waals surface area contributed by atoms with Crippen LogP contribution in [0.5, 0.6) is 11.5 Å². The van der Waals surface area contributed by atoms with Crippen molar-refractivity contribution in [1.29, 1.82) is 0 Å². The predicted molar refractivity (Wildman–Crippen MR) is 62.3 cm³/mol. The van der Waals surface area contributed by atoms with Gasteiger partial charge in [-0.15, -0.1) is 0 Å². The number of carbonyl (C=O) groups excluding carboxylic acids is 2. The number of halogens is 1. The maximum Gasteiger partial charge on any atom is 0.161 e. The van der Waals surface area contributed by atoms with Crippen molar-refractivity contribution in [2.45, 2.75) is 0 Å². The number of hydrogen-bond donors (Lipinski definition) is 0. The lowest BCUT2D eigenvalue weighted by atomic mass is 10.1. The van der Waals surface area contributed by atoms with Crippen molar-refractivity contribution in [2.75, 3.05) is 14.2 Å². The summed E-state index contributed by atoms with van der Waals surface area (Å²) < 4.78 is 9.98. The Morgan fingerprint density at radius 1 is 1.05 bits per heavy atom. The maximum atomic E-state index is 10.7. The first-order valence-electron chi connectivity index (χ1n) is 4.97. The Balaban J connectivity index is 3.40. The van der Waals surface area contributed by atoms with Gasteiger partial charge < -0.3 is 29.3 Å². The number of ether oxygens (including phenoxy) is 2. The minimum absolute atomic E-state index is 0.128. The lowest BCUT2D eigenvalue weighted by molar-refractivity contribution is -0.311. The van der Waals surface area contributed by atoms with Crippen LogP contribution in [-0.4, -0.2) is 26.2 Å². The lowest BCUT2D eigenvalue weighted by Gasteiger charge is -2.14. The lowest BCUT2D eigenvalue weighted by Crippen LogP contribution is -2.36. The average molecular weight is 285 g/mol. The van der Waals surface area contributed by atoms with E-state index in [1.807, 2.05) is 0 Å². The van der Waals surface area contributed by atoms with E-state index in [4.69, 9.17) is 21.1 Å². The van der Waals surface area contributed by atoms with Crippen LogP contribution in [-0.2, 0) is 9.59 Å². The highest BCUT2D eigenvalue weighted by molar-refractivity contribution is 6.53. The molecule has 0 N–H and O–H groups in total. The minimum atomic E-state index is -1.93. The first-order chi connectivity index (χ1) is 8.92. The summed E-state index contributed by atoms with van der Waals surface area (Å²) in [4.78, 5) is 21.4. The van der Waals surface area contributed by atoms with Gasteiger partial charge in [-0.1, -0.05) is 11.6 Å². The molecule has 19 heavy (non-hydrogen) atoms. The van der Waals surface area contributed by atoms with Crippen LogP contribution >= 0.6 is 11.6 Å². The van der Waals surface area contributed by atoms with Crippen LogP contribution in [0.4, 0.5) is 0 Å². The maximum absolute atomic E-state index is 10.7. The molecule has 0 amide bonds. The third-order valence-corrected chi connectivity index (χ3v) is 2.67. The van der Waals surface area contributed by atoms with Gasteiger partial charge >= 0.3 is 0 Å². The van der Waals surface area contributed by atoms with E-state index in [1.54, 1.807) is 0 Å². The van der Waals surface area contributed by atoms with Gasteiger partial charge in [0.05, 0.1) is 31.2 Å². The van der Waals surface area contributed by atoms with Gasteiger partial charge in [0.1, 0.15) is 0 Å². The van der Waals surface area contributed by atoms with Crippen molar-refractivity contribution in [3.05, 3.63) is 29.3 Å². The van der Waals surface area contributed by atoms with Crippen LogP contribution in [0.2, 0.25) is 0 Å². The first kappa shape index (κ1) is 14.8. The number of benzene rings is 1. The number of aliphatic carboxylic acids is 2. The van der Waals surface area contributed by atoms with Crippen LogP contribution in [0.3, 0.4) is 0 Å². The van der Waals surface area contributed by atoms with E-state index in [2.05, 4.69) is 0 Å². The molecule has 0 saturated carbocycles. The Labute approximate surface area is 113 Å². The van der Waals surface area contributed by atoms with Gasteiger partial charge in [0.25, 0.3) is 0 Å². The second kappa shape index (κ2) is 6.10. The molecule has 0 aliphatic rings. The second-order valence-electron chi connectivity index (χ2n) is 3.33. The summed E-state index contributed by atoms with van der Waals surface area (Å²) >= 11 is 5.73. The molecule has 0 fully saturated rings. The predicted octanol–water partition coefficient (Wildman–Crippen LogP) is -0.847. The fourth-order valence-electron chi connectivity index (χ4n) is 1.38. The minimum Gasteiger partial charge on any atom is -0.545 e. The van der Waals surface area contributed by atoms with Gasteiger partial charge in [-0.2, -0.15) is 0 Å². The molecule has 1 rings (SSSR count). The molecular weight excluding hydrogens is 276 g/mol. The number of carboxylic acid groups (broad SMARTS) is 2. The number of rotatable bonds is 5. The van der Waals surface area contributed by atoms with Crippen molar-refractivity contribution in [3.8, 4) is 11.5 Å². The zero-order valence-electron chi connectivity index (χ0n) is 10.1. The Hall–Kier alpha value is -2.21. The molecule has 0 spiro atoms. The second-order valence-corrected chi connectivity index (χ2v) is 3.71. The molecule has 0 heterocycles. The van der Waals surface area contributed by atoms with E-state index in [0.29, 0.717) is 5.75 Å². The molecule has 0 aromatic heterocycles.